The predicted molar refractivity (Wildman–Crippen MR) is 620 cm³/mol. The summed E-state index contributed by atoms with van der Waals surface area (Å²) in [6, 6.07) is 146. The number of halogens is 7. The van der Waals surface area contributed by atoms with Gasteiger partial charge in [0, 0.05) is 113 Å². The summed E-state index contributed by atoms with van der Waals surface area (Å²) >= 11 is 23.1. The summed E-state index contributed by atoms with van der Waals surface area (Å²) in [6.07, 6.45) is 4.83. The molecule has 0 amide bonds. The molecule has 1 aliphatic rings. The molecule has 19 aromatic carbocycles. The third kappa shape index (κ3) is 27.3. The molecule has 2 aromatic heterocycles. The van der Waals surface area contributed by atoms with E-state index >= 15 is 0 Å². The molecule has 0 unspecified atom stereocenters. The first kappa shape index (κ1) is 108. The first-order valence-electron chi connectivity index (χ1n) is 45.3. The van der Waals surface area contributed by atoms with Crippen molar-refractivity contribution in [2.24, 2.45) is 0 Å². The van der Waals surface area contributed by atoms with Crippen molar-refractivity contribution in [3.63, 3.8) is 0 Å². The van der Waals surface area contributed by atoms with Gasteiger partial charge in [0.2, 0.25) is 0 Å². The van der Waals surface area contributed by atoms with Gasteiger partial charge in [0.05, 0.1) is 27.8 Å². The van der Waals surface area contributed by atoms with E-state index in [-0.39, 0.29) is 58.7 Å². The van der Waals surface area contributed by atoms with Crippen molar-refractivity contribution < 1.29 is 71.2 Å². The Balaban J connectivity index is 0.000000230. The molecule has 0 aliphatic carbocycles. The fourth-order valence-corrected chi connectivity index (χ4v) is 19.4. The van der Waals surface area contributed by atoms with Crippen LogP contribution in [-0.4, -0.2) is 45.1 Å². The van der Waals surface area contributed by atoms with Crippen LogP contribution in [-0.2, 0) is 4.74 Å². The number of aromatic nitrogens is 2. The normalized spacial score (nSPS) is 11.2. The van der Waals surface area contributed by atoms with Crippen LogP contribution >= 0.6 is 118 Å². The first-order valence-corrected chi connectivity index (χ1v) is 51.1. The van der Waals surface area contributed by atoms with Crippen molar-refractivity contribution in [2.45, 2.75) is 80.3 Å². The van der Waals surface area contributed by atoms with Crippen LogP contribution in [0.1, 0.15) is 74.8 Å². The predicted octanol–water partition coefficient (Wildman–Crippen LogP) is 30.7. The standard InChI is InChI=1S/C66H48N4.C16H10Br2.C10H8BBrO2.C10H6Br2.C6H4BrI.C4H8O.C4H9O.C4H9.CH4.Li.Na.2H2/c1-45-27-33-50(34-28-45)67(53-39-41-65-60(43-53)58-19-9-11-24-63(58)69(65)48-15-5-3-6-16-48)51-37-31-47(32-38-51)55-21-13-23-57-56(55)22-14-26-62(57)68(52-35-29-46(2)30-36-52)54-40-42-66-61(44-54)59-20-10-12-25-64(59)70(66)49-17-7-4-8-18-49;17-12-9-7-11(8-10-12)13-3-1-5-15-14(13)4-2-6-16(15)18;12-10-6-2-3-7-8(10)4-1-5-9(7)11(13)14;11-9-5-1-3-7-8(9)4-2-6-10(7)12;7-5-1-3-6(8)4-2-5;1-2-4-5-3-1;1-4(2,3)5;1-3-4-2;;;;;/h3-44H,1-2H3;1-10H;1-6,13-14H;1-6H;1-4H;1-4H2;1-3H3;1,3-4H2,2H3;1H4;;;2*1H/q;;;;;;2*-1;;2*+1;;. The summed E-state index contributed by atoms with van der Waals surface area (Å²) in [5.41, 5.74) is 20.8. The molecule has 18 heteroatoms. The minimum Gasteiger partial charge on any atom is -0.850 e. The van der Waals surface area contributed by atoms with Crippen LogP contribution in [0, 0.1) is 24.3 Å². The number of fused-ring (bicyclic) bond motifs is 10. The summed E-state index contributed by atoms with van der Waals surface area (Å²) in [5.74, 6) is 0. The van der Waals surface area contributed by atoms with Crippen molar-refractivity contribution in [1.82, 2.24) is 9.13 Å². The van der Waals surface area contributed by atoms with Gasteiger partial charge in [-0.1, -0.05) is 385 Å². The summed E-state index contributed by atoms with van der Waals surface area (Å²) < 4.78 is 17.6. The van der Waals surface area contributed by atoms with E-state index in [9.17, 15) is 5.11 Å². The van der Waals surface area contributed by atoms with Gasteiger partial charge >= 0.3 is 55.5 Å². The summed E-state index contributed by atoms with van der Waals surface area (Å²) in [5, 5.41) is 42.5. The Bertz CT molecular complexity index is 7560. The van der Waals surface area contributed by atoms with Crippen molar-refractivity contribution in [3.8, 4) is 33.6 Å². The van der Waals surface area contributed by atoms with Crippen LogP contribution in [0.2, 0.25) is 0 Å². The molecular weight excluding hydrogens is 2220 g/mol. The molecule has 21 aromatic rings. The minimum atomic E-state index is -1.42. The van der Waals surface area contributed by atoms with Gasteiger partial charge < -0.3 is 45.7 Å². The number of anilines is 6. The zero-order valence-corrected chi connectivity index (χ0v) is 92.1. The van der Waals surface area contributed by atoms with E-state index in [1.807, 2.05) is 54.6 Å². The van der Waals surface area contributed by atoms with Crippen LogP contribution in [0.3, 0.4) is 0 Å². The molecular formula is C121H110BBr6ILiN4NaO4. The third-order valence-corrected chi connectivity index (χ3v) is 27.6. The zero-order valence-electron chi connectivity index (χ0n) is 78.4. The maximum absolute atomic E-state index is 10.1. The minimum absolute atomic E-state index is 0. The van der Waals surface area contributed by atoms with Crippen molar-refractivity contribution in [1.29, 1.82) is 0 Å². The van der Waals surface area contributed by atoms with Crippen molar-refractivity contribution in [3.05, 3.63) is 461 Å². The molecule has 0 radical (unpaired) electrons. The SMILES string of the molecule is Brc1ccc(-c2cccc3c(Br)cccc23)cc1.Brc1ccc(I)cc1.Brc1cccc2c(Br)cccc12.C.C1CCOC1.CC(C)(C)[O-].Cc1ccc(N(c2ccc(-c3cccc4c(N(c5ccc(C)cc5)c5ccc6c(c5)c5ccccc5n6-c5ccccc5)cccc34)cc2)c2ccc3c(c2)c2ccccc2n3-c2ccccc2)cc1.OB(O)c1cccc2c(Br)cccc12.[CH2-]CCC.[HH].[HH].[Li+].[Na+]. The van der Waals surface area contributed by atoms with E-state index in [4.69, 9.17) is 14.8 Å². The number of unbranched alkanes of at least 4 members (excludes halogenated alkanes) is 1. The Morgan fingerprint density at radius 3 is 1.09 bits per heavy atom. The Kier molecular flexibility index (Phi) is 40.5. The molecule has 1 fully saturated rings. The number of hydrogen-bond donors (Lipinski definition) is 2. The molecule has 0 bridgehead atoms. The molecule has 22 rings (SSSR count). The number of ether oxygens (including phenoxy) is 1. The second-order valence-electron chi connectivity index (χ2n) is 33.8. The van der Waals surface area contributed by atoms with Gasteiger partial charge in [-0.05, 0) is 291 Å². The summed E-state index contributed by atoms with van der Waals surface area (Å²) in [6.45, 7) is 16.9. The fraction of sp³-hybridized carbons (Fsp3) is 0.116. The average Bonchev–Trinajstić information content (AvgIpc) is 1.48. The number of benzene rings is 19. The zero-order chi connectivity index (χ0) is 95.4. The first-order chi connectivity index (χ1) is 66.0. The average molecular weight is 2330 g/mol. The van der Waals surface area contributed by atoms with Crippen LogP contribution in [0.25, 0.3) is 120 Å². The topological polar surface area (TPSA) is 89.1 Å². The Morgan fingerprint density at radius 2 is 0.676 bits per heavy atom. The second kappa shape index (κ2) is 52.0. The third-order valence-electron chi connectivity index (χ3n) is 23.0. The number of para-hydroxylation sites is 4. The summed E-state index contributed by atoms with van der Waals surface area (Å²) in [4.78, 5) is 4.81. The molecule has 0 spiro atoms. The molecule has 1 aliphatic heterocycles. The Hall–Kier alpha value is -9.47. The molecule has 692 valence electrons. The Labute approximate surface area is 919 Å². The van der Waals surface area contributed by atoms with E-state index in [1.54, 1.807) is 26.8 Å². The number of nitrogens with zero attached hydrogens (tertiary/aromatic N) is 4. The maximum atomic E-state index is 10.1. The molecule has 0 saturated carbocycles. The van der Waals surface area contributed by atoms with Crippen LogP contribution in [0.5, 0.6) is 0 Å². The van der Waals surface area contributed by atoms with E-state index in [0.717, 1.165) is 108 Å². The molecule has 3 heterocycles. The van der Waals surface area contributed by atoms with Crippen LogP contribution in [0.15, 0.2) is 439 Å². The number of aryl methyl sites for hydroxylation is 2. The van der Waals surface area contributed by atoms with E-state index in [0.29, 0.717) is 5.46 Å². The maximum Gasteiger partial charge on any atom is 1.00 e. The second-order valence-corrected chi connectivity index (χ2v) is 40.3. The van der Waals surface area contributed by atoms with E-state index in [2.05, 4.69) is 517 Å². The van der Waals surface area contributed by atoms with Crippen molar-refractivity contribution >= 4 is 252 Å². The number of hydrogen-bond acceptors (Lipinski definition) is 6. The monoisotopic (exact) mass is 2320 g/mol. The molecule has 2 N–H and O–H groups in total. The van der Waals surface area contributed by atoms with Gasteiger partial charge in [-0.2, -0.15) is 6.42 Å². The number of rotatable bonds is 12. The van der Waals surface area contributed by atoms with Gasteiger partial charge in [-0.15, -0.1) is 5.60 Å². The van der Waals surface area contributed by atoms with Gasteiger partial charge in [0.1, 0.15) is 0 Å². The van der Waals surface area contributed by atoms with Crippen LogP contribution in [0.4, 0.5) is 34.1 Å². The summed E-state index contributed by atoms with van der Waals surface area (Å²) in [7, 11) is -1.42. The molecule has 0 atom stereocenters. The van der Waals surface area contributed by atoms with Crippen molar-refractivity contribution in [2.75, 3.05) is 23.0 Å². The van der Waals surface area contributed by atoms with E-state index < -0.39 is 12.7 Å². The van der Waals surface area contributed by atoms with Gasteiger partial charge in [0.15, 0.2) is 0 Å². The quantitative estimate of drug-likeness (QED) is 0.0720. The fourth-order valence-electron chi connectivity index (χ4n) is 16.5. The van der Waals surface area contributed by atoms with Gasteiger partial charge in [-0.25, -0.2) is 0 Å². The largest absolute Gasteiger partial charge is 1.00 e. The van der Waals surface area contributed by atoms with Gasteiger partial charge in [0.25, 0.3) is 0 Å². The molecule has 139 heavy (non-hydrogen) atoms. The smallest absolute Gasteiger partial charge is 0.850 e. The Morgan fingerprint density at radius 1 is 0.367 bits per heavy atom. The van der Waals surface area contributed by atoms with E-state index in [1.165, 1.54) is 127 Å². The molecule has 1 saturated heterocycles. The molecule has 8 nitrogen and oxygen atoms in total. The van der Waals surface area contributed by atoms with Crippen LogP contribution < -0.4 is 68.8 Å². The van der Waals surface area contributed by atoms with Gasteiger partial charge in [-0.3, -0.25) is 0 Å².